The summed E-state index contributed by atoms with van der Waals surface area (Å²) in [5, 5.41) is 0. The average molecular weight is 412 g/mol. The van der Waals surface area contributed by atoms with Crippen LogP contribution in [0, 0.1) is 6.92 Å². The van der Waals surface area contributed by atoms with Gasteiger partial charge in [-0.3, -0.25) is 0 Å². The number of nitrogens with zero attached hydrogens (tertiary/aromatic N) is 1. The second kappa shape index (κ2) is 7.81. The lowest BCUT2D eigenvalue weighted by Crippen LogP contribution is -2.38. The quantitative estimate of drug-likeness (QED) is 0.521. The van der Waals surface area contributed by atoms with Gasteiger partial charge >= 0.3 is 0 Å². The Hall–Kier alpha value is -1.84. The molecule has 2 nitrogen and oxygen atoms in total. The van der Waals surface area contributed by atoms with Crippen molar-refractivity contribution in [1.82, 2.24) is 4.90 Å². The molecule has 0 spiro atoms. The van der Waals surface area contributed by atoms with Crippen molar-refractivity contribution in [3.8, 4) is 0 Å². The van der Waals surface area contributed by atoms with Crippen molar-refractivity contribution in [2.45, 2.75) is 38.8 Å². The third-order valence-electron chi connectivity index (χ3n) is 5.01. The predicted molar refractivity (Wildman–Crippen MR) is 112 cm³/mol. The fourth-order valence-corrected chi connectivity index (χ4v) is 4.06. The first-order valence-electron chi connectivity index (χ1n) is 8.96. The van der Waals surface area contributed by atoms with Crippen molar-refractivity contribution in [3.63, 3.8) is 0 Å². The van der Waals surface area contributed by atoms with E-state index in [1.807, 2.05) is 6.07 Å². The van der Waals surface area contributed by atoms with Crippen LogP contribution in [-0.4, -0.2) is 11.6 Å². The molecule has 26 heavy (non-hydrogen) atoms. The molecule has 136 valence electrons. The summed E-state index contributed by atoms with van der Waals surface area (Å²) >= 11 is 3.54. The molecule has 1 heterocycles. The zero-order chi connectivity index (χ0) is 18.7. The molecular weight excluding hydrogens is 386 g/mol. The zero-order valence-electron chi connectivity index (χ0n) is 15.7. The molecule has 0 amide bonds. The summed E-state index contributed by atoms with van der Waals surface area (Å²) < 4.78 is 7.56. The number of aryl methyl sites for hydroxylation is 1. The first-order valence-corrected chi connectivity index (χ1v) is 9.75. The number of rotatable bonds is 5. The van der Waals surface area contributed by atoms with Crippen LogP contribution in [0.1, 0.15) is 43.0 Å². The summed E-state index contributed by atoms with van der Waals surface area (Å²) in [6.07, 6.45) is 5.16. The first kappa shape index (κ1) is 18.9. The fraction of sp³-hybridized carbons (Fsp3) is 0.304. The molecular formula is C23H26BrNO. The van der Waals surface area contributed by atoms with Crippen LogP contribution in [0.15, 0.2) is 77.4 Å². The van der Waals surface area contributed by atoms with Crippen molar-refractivity contribution in [3.05, 3.63) is 94.1 Å². The molecule has 1 aliphatic heterocycles. The Kier molecular flexibility index (Phi) is 5.69. The molecule has 0 saturated carbocycles. The van der Waals surface area contributed by atoms with Gasteiger partial charge in [0, 0.05) is 17.1 Å². The second-order valence-corrected chi connectivity index (χ2v) is 8.09. The predicted octanol–water partition coefficient (Wildman–Crippen LogP) is 6.48. The van der Waals surface area contributed by atoms with Crippen LogP contribution in [-0.2, 0) is 10.3 Å². The number of benzene rings is 2. The van der Waals surface area contributed by atoms with Crippen LogP contribution in [0.25, 0.3) is 0 Å². The van der Waals surface area contributed by atoms with Crippen LogP contribution in [0.3, 0.4) is 0 Å². The normalized spacial score (nSPS) is 20.8. The molecule has 0 radical (unpaired) electrons. The molecule has 2 aromatic carbocycles. The van der Waals surface area contributed by atoms with E-state index in [9.17, 15) is 0 Å². The van der Waals surface area contributed by atoms with E-state index in [1.165, 1.54) is 16.7 Å². The SMILES string of the molecule is C=C(C)C[C@]1(c2ccccc2)C=CN([C@@H](C)c2ccc(Br)cc2C)CO1. The van der Waals surface area contributed by atoms with Crippen LogP contribution >= 0.6 is 15.9 Å². The van der Waals surface area contributed by atoms with Gasteiger partial charge in [0.25, 0.3) is 0 Å². The second-order valence-electron chi connectivity index (χ2n) is 7.17. The highest BCUT2D eigenvalue weighted by Gasteiger charge is 2.34. The average Bonchev–Trinajstić information content (AvgIpc) is 2.62. The number of halogens is 1. The van der Waals surface area contributed by atoms with E-state index >= 15 is 0 Å². The zero-order valence-corrected chi connectivity index (χ0v) is 17.3. The van der Waals surface area contributed by atoms with E-state index in [-0.39, 0.29) is 6.04 Å². The largest absolute Gasteiger partial charge is 0.348 e. The van der Waals surface area contributed by atoms with Crippen LogP contribution in [0.4, 0.5) is 0 Å². The minimum absolute atomic E-state index is 0.248. The number of ether oxygens (including phenoxy) is 1. The first-order chi connectivity index (χ1) is 12.4. The summed E-state index contributed by atoms with van der Waals surface area (Å²) in [6.45, 7) is 11.1. The fourth-order valence-electron chi connectivity index (χ4n) is 3.58. The van der Waals surface area contributed by atoms with E-state index in [0.717, 1.165) is 16.5 Å². The van der Waals surface area contributed by atoms with Crippen molar-refractivity contribution in [1.29, 1.82) is 0 Å². The molecule has 2 aromatic rings. The number of hydrogen-bond donors (Lipinski definition) is 0. The molecule has 0 bridgehead atoms. The smallest absolute Gasteiger partial charge is 0.120 e. The maximum Gasteiger partial charge on any atom is 0.120 e. The summed E-state index contributed by atoms with van der Waals surface area (Å²) in [6, 6.07) is 17.1. The van der Waals surface area contributed by atoms with Gasteiger partial charge in [0.2, 0.25) is 0 Å². The van der Waals surface area contributed by atoms with Crippen molar-refractivity contribution in [2.24, 2.45) is 0 Å². The third-order valence-corrected chi connectivity index (χ3v) is 5.51. The lowest BCUT2D eigenvalue weighted by Gasteiger charge is -2.41. The van der Waals surface area contributed by atoms with Crippen LogP contribution in [0.2, 0.25) is 0 Å². The highest BCUT2D eigenvalue weighted by molar-refractivity contribution is 9.10. The maximum atomic E-state index is 6.45. The molecule has 3 rings (SSSR count). The topological polar surface area (TPSA) is 12.5 Å². The van der Waals surface area contributed by atoms with Gasteiger partial charge in [-0.2, -0.15) is 0 Å². The van der Waals surface area contributed by atoms with Crippen LogP contribution < -0.4 is 0 Å². The maximum absolute atomic E-state index is 6.45. The Morgan fingerprint density at radius 2 is 2.00 bits per heavy atom. The minimum atomic E-state index is -0.432. The monoisotopic (exact) mass is 411 g/mol. The highest BCUT2D eigenvalue weighted by atomic mass is 79.9. The molecule has 0 unspecified atom stereocenters. The molecule has 0 fully saturated rings. The van der Waals surface area contributed by atoms with Gasteiger partial charge in [-0.25, -0.2) is 0 Å². The van der Waals surface area contributed by atoms with E-state index < -0.39 is 5.60 Å². The van der Waals surface area contributed by atoms with Crippen molar-refractivity contribution >= 4 is 15.9 Å². The summed E-state index contributed by atoms with van der Waals surface area (Å²) in [4.78, 5) is 2.25. The number of hydrogen-bond acceptors (Lipinski definition) is 2. The molecule has 3 heteroatoms. The molecule has 0 aromatic heterocycles. The Balaban J connectivity index is 1.88. The van der Waals surface area contributed by atoms with E-state index in [2.05, 4.69) is 103 Å². The van der Waals surface area contributed by atoms with Crippen molar-refractivity contribution < 1.29 is 4.74 Å². The third kappa shape index (κ3) is 3.94. The Morgan fingerprint density at radius 1 is 1.27 bits per heavy atom. The Morgan fingerprint density at radius 3 is 2.58 bits per heavy atom. The summed E-state index contributed by atoms with van der Waals surface area (Å²) in [5.74, 6) is 0. The Bertz CT molecular complexity index is 814. The molecule has 0 saturated heterocycles. The van der Waals surface area contributed by atoms with Gasteiger partial charge in [0.05, 0.1) is 6.04 Å². The highest BCUT2D eigenvalue weighted by Crippen LogP contribution is 2.38. The Labute approximate surface area is 165 Å². The standard InChI is InChI=1S/C23H26BrNO/c1-17(2)15-23(20-8-6-5-7-9-20)12-13-25(16-26-23)19(4)22-11-10-21(24)14-18(22)3/h5-14,19H,1,15-16H2,2-4H3/t19-,23-/m0/s1. The molecule has 1 aliphatic rings. The molecule has 0 aliphatic carbocycles. The van der Waals surface area contributed by atoms with Gasteiger partial charge in [-0.15, -0.1) is 6.58 Å². The molecule has 2 atom stereocenters. The minimum Gasteiger partial charge on any atom is -0.348 e. The van der Waals surface area contributed by atoms with E-state index in [4.69, 9.17) is 4.74 Å². The van der Waals surface area contributed by atoms with Gasteiger partial charge in [0.1, 0.15) is 12.3 Å². The van der Waals surface area contributed by atoms with Crippen molar-refractivity contribution in [2.75, 3.05) is 6.73 Å². The lowest BCUT2D eigenvalue weighted by molar-refractivity contribution is -0.0821. The van der Waals surface area contributed by atoms with Gasteiger partial charge < -0.3 is 9.64 Å². The van der Waals surface area contributed by atoms with E-state index in [0.29, 0.717) is 6.73 Å². The van der Waals surface area contributed by atoms with Gasteiger partial charge in [-0.1, -0.05) is 57.9 Å². The lowest BCUT2D eigenvalue weighted by atomic mass is 9.86. The van der Waals surface area contributed by atoms with Gasteiger partial charge in [-0.05, 0) is 55.7 Å². The van der Waals surface area contributed by atoms with Gasteiger partial charge in [0.15, 0.2) is 0 Å². The molecule has 0 N–H and O–H groups in total. The van der Waals surface area contributed by atoms with Crippen LogP contribution in [0.5, 0.6) is 0 Å². The summed E-state index contributed by atoms with van der Waals surface area (Å²) in [5.41, 5.74) is 4.45. The summed E-state index contributed by atoms with van der Waals surface area (Å²) in [7, 11) is 0. The van der Waals surface area contributed by atoms with E-state index in [1.54, 1.807) is 0 Å².